The van der Waals surface area contributed by atoms with Gasteiger partial charge in [-0.3, -0.25) is 9.59 Å². The van der Waals surface area contributed by atoms with E-state index in [1.54, 1.807) is 11.3 Å². The summed E-state index contributed by atoms with van der Waals surface area (Å²) in [6.45, 7) is 4.41. The molecular formula is C17H20N2O3S2. The van der Waals surface area contributed by atoms with Gasteiger partial charge in [-0.1, -0.05) is 25.1 Å². The molecule has 1 aromatic heterocycles. The van der Waals surface area contributed by atoms with Crippen molar-refractivity contribution in [2.45, 2.75) is 39.0 Å². The minimum Gasteiger partial charge on any atom is -0.465 e. The molecule has 0 unspecified atom stereocenters. The summed E-state index contributed by atoms with van der Waals surface area (Å²) in [6, 6.07) is 4.20. The normalized spacial score (nSPS) is 17.4. The molecule has 0 fully saturated rings. The van der Waals surface area contributed by atoms with Gasteiger partial charge in [-0.15, -0.1) is 11.3 Å². The Kier molecular flexibility index (Phi) is 6.88. The molecule has 0 bridgehead atoms. The van der Waals surface area contributed by atoms with Gasteiger partial charge in [0.25, 0.3) is 0 Å². The van der Waals surface area contributed by atoms with Crippen molar-refractivity contribution in [1.29, 1.82) is 5.26 Å². The average Bonchev–Trinajstić information content (AvgIpc) is 2.98. The molecule has 1 amide bonds. The van der Waals surface area contributed by atoms with Crippen molar-refractivity contribution in [2.24, 2.45) is 0 Å². The molecule has 2 heterocycles. The number of allylic oxidation sites excluding steroid dienone is 1. The second-order valence-electron chi connectivity index (χ2n) is 5.49. The predicted octanol–water partition coefficient (Wildman–Crippen LogP) is 3.47. The summed E-state index contributed by atoms with van der Waals surface area (Å²) in [6.07, 6.45) is 2.05. The number of rotatable bonds is 7. The van der Waals surface area contributed by atoms with E-state index in [9.17, 15) is 14.9 Å². The maximum Gasteiger partial charge on any atom is 0.316 e. The highest BCUT2D eigenvalue weighted by Crippen LogP contribution is 2.39. The third-order valence-electron chi connectivity index (χ3n) is 3.67. The molecule has 0 spiro atoms. The van der Waals surface area contributed by atoms with Crippen LogP contribution < -0.4 is 5.32 Å². The lowest BCUT2D eigenvalue weighted by Gasteiger charge is -2.24. The van der Waals surface area contributed by atoms with Gasteiger partial charge in [-0.05, 0) is 30.4 Å². The lowest BCUT2D eigenvalue weighted by molar-refractivity contribution is -0.140. The second-order valence-corrected chi connectivity index (χ2v) is 7.42. The van der Waals surface area contributed by atoms with E-state index in [2.05, 4.69) is 11.4 Å². The number of nitrogens with zero attached hydrogens (tertiary/aromatic N) is 1. The highest BCUT2D eigenvalue weighted by molar-refractivity contribution is 8.03. The first kappa shape index (κ1) is 18.6. The molecule has 0 aliphatic carbocycles. The first-order chi connectivity index (χ1) is 11.6. The van der Waals surface area contributed by atoms with Crippen LogP contribution in [-0.4, -0.2) is 24.2 Å². The summed E-state index contributed by atoms with van der Waals surface area (Å²) in [5.41, 5.74) is 1.60. The van der Waals surface area contributed by atoms with Crippen LogP contribution in [0.15, 0.2) is 22.0 Å². The SMILES string of the molecule is CCCCOC(=O)CSC1=C(C#N)[C@H](c2sccc2C)CC(=O)N1. The van der Waals surface area contributed by atoms with Gasteiger partial charge in [0.1, 0.15) is 0 Å². The van der Waals surface area contributed by atoms with Crippen molar-refractivity contribution in [3.05, 3.63) is 32.5 Å². The minimum atomic E-state index is -0.332. The molecule has 1 aliphatic rings. The standard InChI is InChI=1S/C17H20N2O3S2/c1-3-4-6-22-15(21)10-24-17-13(9-18)12(8-14(20)19-17)16-11(2)5-7-23-16/h5,7,12H,3-4,6,8,10H2,1-2H3,(H,19,20)/t12-/m1/s1. The Morgan fingerprint density at radius 1 is 1.58 bits per heavy atom. The first-order valence-corrected chi connectivity index (χ1v) is 9.69. The van der Waals surface area contributed by atoms with Crippen molar-refractivity contribution in [3.8, 4) is 6.07 Å². The maximum atomic E-state index is 12.0. The smallest absolute Gasteiger partial charge is 0.316 e. The number of amides is 1. The molecule has 1 atom stereocenters. The number of hydrogen-bond donors (Lipinski definition) is 1. The third kappa shape index (κ3) is 4.62. The molecular weight excluding hydrogens is 344 g/mol. The zero-order chi connectivity index (χ0) is 17.5. The molecule has 0 saturated carbocycles. The fourth-order valence-electron chi connectivity index (χ4n) is 2.40. The van der Waals surface area contributed by atoms with Gasteiger partial charge in [-0.25, -0.2) is 0 Å². The van der Waals surface area contributed by atoms with Gasteiger partial charge < -0.3 is 10.1 Å². The topological polar surface area (TPSA) is 79.2 Å². The number of carbonyl (C=O) groups excluding carboxylic acids is 2. The monoisotopic (exact) mass is 364 g/mol. The Morgan fingerprint density at radius 3 is 3.00 bits per heavy atom. The number of esters is 1. The lowest BCUT2D eigenvalue weighted by Crippen LogP contribution is -2.31. The molecule has 128 valence electrons. The molecule has 0 saturated heterocycles. The van der Waals surface area contributed by atoms with Gasteiger partial charge in [-0.2, -0.15) is 5.26 Å². The van der Waals surface area contributed by atoms with Gasteiger partial charge in [0.15, 0.2) is 0 Å². The number of ether oxygens (including phenoxy) is 1. The van der Waals surface area contributed by atoms with E-state index in [1.165, 1.54) is 0 Å². The lowest BCUT2D eigenvalue weighted by atomic mass is 9.91. The summed E-state index contributed by atoms with van der Waals surface area (Å²) in [5, 5.41) is 14.7. The van der Waals surface area contributed by atoms with Crippen LogP contribution in [0.4, 0.5) is 0 Å². The summed E-state index contributed by atoms with van der Waals surface area (Å²) >= 11 is 2.71. The average molecular weight is 364 g/mol. The molecule has 1 aromatic rings. The van der Waals surface area contributed by atoms with Crippen LogP contribution in [0.25, 0.3) is 0 Å². The van der Waals surface area contributed by atoms with Crippen molar-refractivity contribution in [1.82, 2.24) is 5.32 Å². The molecule has 1 N–H and O–H groups in total. The quantitative estimate of drug-likeness (QED) is 0.592. The summed E-state index contributed by atoms with van der Waals surface area (Å²) < 4.78 is 5.11. The van der Waals surface area contributed by atoms with E-state index in [1.807, 2.05) is 25.3 Å². The van der Waals surface area contributed by atoms with E-state index in [4.69, 9.17) is 4.74 Å². The van der Waals surface area contributed by atoms with E-state index in [-0.39, 0.29) is 30.0 Å². The predicted molar refractivity (Wildman–Crippen MR) is 95.5 cm³/mol. The number of aryl methyl sites for hydroxylation is 1. The number of thioether (sulfide) groups is 1. The van der Waals surface area contributed by atoms with Gasteiger partial charge in [0.05, 0.1) is 29.0 Å². The van der Waals surface area contributed by atoms with Crippen molar-refractivity contribution in [2.75, 3.05) is 12.4 Å². The molecule has 24 heavy (non-hydrogen) atoms. The van der Waals surface area contributed by atoms with Crippen LogP contribution in [-0.2, 0) is 14.3 Å². The third-order valence-corrected chi connectivity index (χ3v) is 5.79. The summed E-state index contributed by atoms with van der Waals surface area (Å²) in [5.74, 6) is -0.612. The fourth-order valence-corrected chi connectivity index (χ4v) is 4.31. The molecule has 0 radical (unpaired) electrons. The Bertz CT molecular complexity index is 688. The largest absolute Gasteiger partial charge is 0.465 e. The van der Waals surface area contributed by atoms with Crippen LogP contribution in [0.5, 0.6) is 0 Å². The van der Waals surface area contributed by atoms with E-state index < -0.39 is 0 Å². The Morgan fingerprint density at radius 2 is 2.38 bits per heavy atom. The van der Waals surface area contributed by atoms with Crippen molar-refractivity contribution in [3.63, 3.8) is 0 Å². The second kappa shape index (κ2) is 8.90. The maximum absolute atomic E-state index is 12.0. The van der Waals surface area contributed by atoms with E-state index in [0.717, 1.165) is 35.0 Å². The van der Waals surface area contributed by atoms with Crippen LogP contribution in [0.3, 0.4) is 0 Å². The highest BCUT2D eigenvalue weighted by Gasteiger charge is 2.31. The highest BCUT2D eigenvalue weighted by atomic mass is 32.2. The molecule has 1 aliphatic heterocycles. The van der Waals surface area contributed by atoms with E-state index >= 15 is 0 Å². The van der Waals surface area contributed by atoms with Crippen LogP contribution in [0, 0.1) is 18.3 Å². The van der Waals surface area contributed by atoms with Gasteiger partial charge in [0.2, 0.25) is 5.91 Å². The Hall–Kier alpha value is -1.78. The van der Waals surface area contributed by atoms with Crippen LogP contribution in [0.1, 0.15) is 42.5 Å². The van der Waals surface area contributed by atoms with Crippen molar-refractivity contribution < 1.29 is 14.3 Å². The first-order valence-electron chi connectivity index (χ1n) is 7.83. The van der Waals surface area contributed by atoms with E-state index in [0.29, 0.717) is 17.2 Å². The summed E-state index contributed by atoms with van der Waals surface area (Å²) in [7, 11) is 0. The molecule has 2 rings (SSSR count). The minimum absolute atomic E-state index is 0.0840. The number of hydrogen-bond acceptors (Lipinski definition) is 6. The van der Waals surface area contributed by atoms with Crippen LogP contribution >= 0.6 is 23.1 Å². The fraction of sp³-hybridized carbons (Fsp3) is 0.471. The number of nitriles is 1. The van der Waals surface area contributed by atoms with Gasteiger partial charge >= 0.3 is 5.97 Å². The van der Waals surface area contributed by atoms with Crippen molar-refractivity contribution >= 4 is 35.0 Å². The number of unbranched alkanes of at least 4 members (excludes halogenated alkanes) is 1. The zero-order valence-corrected chi connectivity index (χ0v) is 15.4. The summed E-state index contributed by atoms with van der Waals surface area (Å²) in [4.78, 5) is 24.8. The Balaban J connectivity index is 2.12. The number of carbonyl (C=O) groups is 2. The zero-order valence-electron chi connectivity index (χ0n) is 13.8. The number of thiophene rings is 1. The number of nitrogens with one attached hydrogen (secondary N) is 1. The molecule has 5 nitrogen and oxygen atoms in total. The molecule has 0 aromatic carbocycles. The van der Waals surface area contributed by atoms with Gasteiger partial charge in [0, 0.05) is 17.2 Å². The Labute approximate surface area is 150 Å². The molecule has 7 heteroatoms. The van der Waals surface area contributed by atoms with Crippen LogP contribution in [0.2, 0.25) is 0 Å².